The maximum Gasteiger partial charge on any atom is 0.224 e. The molecular weight excluding hydrogens is 260 g/mol. The molecule has 3 nitrogen and oxygen atoms in total. The molecule has 3 N–H and O–H groups in total. The van der Waals surface area contributed by atoms with Crippen molar-refractivity contribution in [1.82, 2.24) is 5.32 Å². The van der Waals surface area contributed by atoms with Gasteiger partial charge >= 0.3 is 0 Å². The quantitative estimate of drug-likeness (QED) is 0.845. The molecule has 0 aromatic heterocycles. The molecule has 0 spiro atoms. The third-order valence-corrected chi connectivity index (χ3v) is 4.15. The van der Waals surface area contributed by atoms with Gasteiger partial charge in [0, 0.05) is 11.6 Å². The topological polar surface area (TPSA) is 55.1 Å². The molecule has 1 aliphatic carbocycles. The van der Waals surface area contributed by atoms with E-state index in [0.29, 0.717) is 5.92 Å². The summed E-state index contributed by atoms with van der Waals surface area (Å²) in [4.78, 5) is 12.3. The molecule has 21 heavy (non-hydrogen) atoms. The fourth-order valence-electron chi connectivity index (χ4n) is 2.74. The molecule has 1 amide bonds. The number of anilines is 1. The smallest absolute Gasteiger partial charge is 0.224 e. The van der Waals surface area contributed by atoms with Crippen molar-refractivity contribution >= 4 is 11.6 Å². The Kier molecular flexibility index (Phi) is 3.65. The average molecular weight is 280 g/mol. The first-order chi connectivity index (χ1) is 10.1. The summed E-state index contributed by atoms with van der Waals surface area (Å²) >= 11 is 0. The largest absolute Gasteiger partial charge is 0.399 e. The molecule has 0 radical (unpaired) electrons. The number of benzene rings is 2. The lowest BCUT2D eigenvalue weighted by Gasteiger charge is -2.14. The van der Waals surface area contributed by atoms with Crippen LogP contribution in [0.3, 0.4) is 0 Å². The molecule has 2 aromatic carbocycles. The van der Waals surface area contributed by atoms with Crippen molar-refractivity contribution in [2.24, 2.45) is 5.92 Å². The van der Waals surface area contributed by atoms with E-state index in [1.807, 2.05) is 49.4 Å². The van der Waals surface area contributed by atoms with Crippen LogP contribution in [0.1, 0.15) is 36.4 Å². The molecule has 1 aliphatic rings. The lowest BCUT2D eigenvalue weighted by molar-refractivity contribution is -0.123. The molecule has 0 bridgehead atoms. The molecule has 0 aliphatic heterocycles. The minimum Gasteiger partial charge on any atom is -0.399 e. The van der Waals surface area contributed by atoms with Gasteiger partial charge in [-0.2, -0.15) is 0 Å². The van der Waals surface area contributed by atoms with Gasteiger partial charge in [-0.1, -0.05) is 42.5 Å². The van der Waals surface area contributed by atoms with Crippen molar-refractivity contribution < 1.29 is 4.79 Å². The van der Waals surface area contributed by atoms with Gasteiger partial charge in [0.25, 0.3) is 0 Å². The summed E-state index contributed by atoms with van der Waals surface area (Å²) in [5.74, 6) is 0.640. The first-order valence-corrected chi connectivity index (χ1v) is 7.36. The van der Waals surface area contributed by atoms with Gasteiger partial charge in [0.1, 0.15) is 0 Å². The van der Waals surface area contributed by atoms with E-state index >= 15 is 0 Å². The fourth-order valence-corrected chi connectivity index (χ4v) is 2.74. The highest BCUT2D eigenvalue weighted by molar-refractivity contribution is 5.83. The van der Waals surface area contributed by atoms with Crippen molar-refractivity contribution in [1.29, 1.82) is 0 Å². The van der Waals surface area contributed by atoms with Crippen LogP contribution in [0.2, 0.25) is 0 Å². The standard InChI is InChI=1S/C18H20N2O/c1-12(13-7-9-15(19)10-8-13)20-18(21)17-11-16(17)14-5-3-2-4-6-14/h2-10,12,16-17H,11,19H2,1H3,(H,20,21). The summed E-state index contributed by atoms with van der Waals surface area (Å²) in [7, 11) is 0. The third-order valence-electron chi connectivity index (χ3n) is 4.15. The predicted molar refractivity (Wildman–Crippen MR) is 84.7 cm³/mol. The van der Waals surface area contributed by atoms with Crippen molar-refractivity contribution in [2.45, 2.75) is 25.3 Å². The summed E-state index contributed by atoms with van der Waals surface area (Å²) in [6, 6.07) is 17.9. The van der Waals surface area contributed by atoms with E-state index in [9.17, 15) is 4.79 Å². The zero-order chi connectivity index (χ0) is 14.8. The van der Waals surface area contributed by atoms with Gasteiger partial charge in [0.05, 0.1) is 6.04 Å². The molecule has 3 atom stereocenters. The number of nitrogen functional groups attached to an aromatic ring is 1. The van der Waals surface area contributed by atoms with Crippen LogP contribution in [0.25, 0.3) is 0 Å². The number of hydrogen-bond donors (Lipinski definition) is 2. The summed E-state index contributed by atoms with van der Waals surface area (Å²) < 4.78 is 0. The Morgan fingerprint density at radius 1 is 1.14 bits per heavy atom. The molecule has 2 aromatic rings. The lowest BCUT2D eigenvalue weighted by Crippen LogP contribution is -2.28. The maximum absolute atomic E-state index is 12.3. The van der Waals surface area contributed by atoms with Crippen LogP contribution in [0, 0.1) is 5.92 Å². The van der Waals surface area contributed by atoms with Crippen molar-refractivity contribution in [3.63, 3.8) is 0 Å². The molecule has 1 saturated carbocycles. The Morgan fingerprint density at radius 2 is 1.81 bits per heavy atom. The Bertz CT molecular complexity index is 621. The zero-order valence-corrected chi connectivity index (χ0v) is 12.1. The molecule has 1 fully saturated rings. The van der Waals surface area contributed by atoms with Crippen molar-refractivity contribution in [2.75, 3.05) is 5.73 Å². The van der Waals surface area contributed by atoms with Crippen LogP contribution in [-0.4, -0.2) is 5.91 Å². The molecular formula is C18H20N2O. The second kappa shape index (κ2) is 5.60. The summed E-state index contributed by atoms with van der Waals surface area (Å²) in [6.07, 6.45) is 0.949. The highest BCUT2D eigenvalue weighted by atomic mass is 16.2. The van der Waals surface area contributed by atoms with Gasteiger partial charge in [-0.05, 0) is 42.5 Å². The highest BCUT2D eigenvalue weighted by Gasteiger charge is 2.44. The fraction of sp³-hybridized carbons (Fsp3) is 0.278. The Hall–Kier alpha value is -2.29. The summed E-state index contributed by atoms with van der Waals surface area (Å²) in [5.41, 5.74) is 8.76. The molecule has 3 unspecified atom stereocenters. The third kappa shape index (κ3) is 3.07. The molecule has 3 heteroatoms. The number of nitrogens with two attached hydrogens (primary N) is 1. The molecule has 108 valence electrons. The molecule has 3 rings (SSSR count). The number of carbonyl (C=O) groups excluding carboxylic acids is 1. The lowest BCUT2D eigenvalue weighted by atomic mass is 10.1. The SMILES string of the molecule is CC(NC(=O)C1CC1c1ccccc1)c1ccc(N)cc1. The highest BCUT2D eigenvalue weighted by Crippen LogP contribution is 2.47. The maximum atomic E-state index is 12.3. The first kappa shape index (κ1) is 13.7. The van der Waals surface area contributed by atoms with Crippen molar-refractivity contribution in [3.05, 3.63) is 65.7 Å². The molecule has 0 saturated heterocycles. The van der Waals surface area contributed by atoms with E-state index in [4.69, 9.17) is 5.73 Å². The minimum atomic E-state index is 0.00937. The van der Waals surface area contributed by atoms with E-state index in [0.717, 1.165) is 17.7 Å². The average Bonchev–Trinajstić information content (AvgIpc) is 3.29. The number of rotatable bonds is 4. The van der Waals surface area contributed by atoms with Gasteiger partial charge in [-0.25, -0.2) is 0 Å². The van der Waals surface area contributed by atoms with Crippen LogP contribution in [0.5, 0.6) is 0 Å². The van der Waals surface area contributed by atoms with Gasteiger partial charge in [-0.15, -0.1) is 0 Å². The second-order valence-corrected chi connectivity index (χ2v) is 5.76. The van der Waals surface area contributed by atoms with Crippen LogP contribution < -0.4 is 11.1 Å². The molecule has 0 heterocycles. The number of nitrogens with one attached hydrogen (secondary N) is 1. The van der Waals surface area contributed by atoms with E-state index < -0.39 is 0 Å². The van der Waals surface area contributed by atoms with Crippen LogP contribution >= 0.6 is 0 Å². The zero-order valence-electron chi connectivity index (χ0n) is 12.1. The van der Waals surface area contributed by atoms with Crippen LogP contribution in [0.15, 0.2) is 54.6 Å². The number of amides is 1. The van der Waals surface area contributed by atoms with Gasteiger partial charge in [0.2, 0.25) is 5.91 Å². The Balaban J connectivity index is 1.59. The number of carbonyl (C=O) groups is 1. The van der Waals surface area contributed by atoms with E-state index in [1.165, 1.54) is 5.56 Å². The first-order valence-electron chi connectivity index (χ1n) is 7.36. The summed E-state index contributed by atoms with van der Waals surface area (Å²) in [6.45, 7) is 2.00. The van der Waals surface area contributed by atoms with Crippen molar-refractivity contribution in [3.8, 4) is 0 Å². The van der Waals surface area contributed by atoms with Gasteiger partial charge < -0.3 is 11.1 Å². The van der Waals surface area contributed by atoms with Gasteiger partial charge in [-0.3, -0.25) is 4.79 Å². The normalized spacial score (nSPS) is 21.6. The van der Waals surface area contributed by atoms with E-state index in [2.05, 4.69) is 17.4 Å². The van der Waals surface area contributed by atoms with E-state index in [-0.39, 0.29) is 17.9 Å². The number of hydrogen-bond acceptors (Lipinski definition) is 2. The Morgan fingerprint density at radius 3 is 2.48 bits per heavy atom. The van der Waals surface area contributed by atoms with Crippen LogP contribution in [-0.2, 0) is 4.79 Å². The Labute approximate surface area is 125 Å². The summed E-state index contributed by atoms with van der Waals surface area (Å²) in [5, 5.41) is 3.10. The van der Waals surface area contributed by atoms with Crippen LogP contribution in [0.4, 0.5) is 5.69 Å². The predicted octanol–water partition coefficient (Wildman–Crippen LogP) is 3.25. The second-order valence-electron chi connectivity index (χ2n) is 5.76. The monoisotopic (exact) mass is 280 g/mol. The minimum absolute atomic E-state index is 0.00937. The van der Waals surface area contributed by atoms with Gasteiger partial charge in [0.15, 0.2) is 0 Å². The van der Waals surface area contributed by atoms with E-state index in [1.54, 1.807) is 0 Å².